The number of carbonyl (C=O) groups is 2. The van der Waals surface area contributed by atoms with E-state index < -0.39 is 21.9 Å². The molecule has 0 fully saturated rings. The molecular formula is C23H22N2O5S. The third-order valence-corrected chi connectivity index (χ3v) is 6.12. The van der Waals surface area contributed by atoms with Gasteiger partial charge in [0.25, 0.3) is 15.9 Å². The standard InChI is InChI=1S/C23H22N2O5S/c1-15-7-8-20(13-16(15)2)25-31(28,29)21-11-9-19(10-12-21)24-22(26)17-5-4-6-18(14-17)23(27)30-3/h4-14,25H,1-3H3,(H,24,26). The molecule has 0 radical (unpaired) electrons. The number of esters is 1. The fourth-order valence-electron chi connectivity index (χ4n) is 2.84. The second-order valence-electron chi connectivity index (χ2n) is 6.96. The van der Waals surface area contributed by atoms with Crippen LogP contribution in [0.25, 0.3) is 0 Å². The van der Waals surface area contributed by atoms with Gasteiger partial charge < -0.3 is 10.1 Å². The molecule has 3 rings (SSSR count). The predicted octanol–water partition coefficient (Wildman–Crippen LogP) is 4.14. The first kappa shape index (κ1) is 22.0. The minimum atomic E-state index is -3.77. The molecule has 3 aromatic carbocycles. The molecule has 0 saturated heterocycles. The van der Waals surface area contributed by atoms with Crippen molar-refractivity contribution >= 4 is 33.3 Å². The molecule has 3 aromatic rings. The first-order chi connectivity index (χ1) is 14.7. The van der Waals surface area contributed by atoms with E-state index >= 15 is 0 Å². The summed E-state index contributed by atoms with van der Waals surface area (Å²) in [4.78, 5) is 24.2. The van der Waals surface area contributed by atoms with Crippen LogP contribution in [0.3, 0.4) is 0 Å². The smallest absolute Gasteiger partial charge is 0.337 e. The first-order valence-electron chi connectivity index (χ1n) is 9.39. The number of ether oxygens (including phenoxy) is 1. The van der Waals surface area contributed by atoms with E-state index in [9.17, 15) is 18.0 Å². The molecule has 0 aliphatic rings. The highest BCUT2D eigenvalue weighted by molar-refractivity contribution is 7.92. The van der Waals surface area contributed by atoms with Crippen molar-refractivity contribution in [3.8, 4) is 0 Å². The van der Waals surface area contributed by atoms with Gasteiger partial charge in [-0.1, -0.05) is 12.1 Å². The molecular weight excluding hydrogens is 416 g/mol. The largest absolute Gasteiger partial charge is 0.465 e. The van der Waals surface area contributed by atoms with E-state index in [1.807, 2.05) is 19.9 Å². The number of hydrogen-bond acceptors (Lipinski definition) is 5. The van der Waals surface area contributed by atoms with Crippen LogP contribution in [-0.2, 0) is 14.8 Å². The molecule has 1 amide bonds. The van der Waals surface area contributed by atoms with Gasteiger partial charge >= 0.3 is 5.97 Å². The van der Waals surface area contributed by atoms with Crippen LogP contribution >= 0.6 is 0 Å². The van der Waals surface area contributed by atoms with Crippen molar-refractivity contribution in [2.24, 2.45) is 0 Å². The average Bonchev–Trinajstić information content (AvgIpc) is 2.76. The number of methoxy groups -OCH3 is 1. The lowest BCUT2D eigenvalue weighted by molar-refractivity contribution is 0.0600. The zero-order valence-electron chi connectivity index (χ0n) is 17.3. The van der Waals surface area contributed by atoms with E-state index in [1.165, 1.54) is 37.4 Å². The molecule has 31 heavy (non-hydrogen) atoms. The fourth-order valence-corrected chi connectivity index (χ4v) is 3.89. The number of sulfonamides is 1. The third-order valence-electron chi connectivity index (χ3n) is 4.73. The minimum Gasteiger partial charge on any atom is -0.465 e. The zero-order chi connectivity index (χ0) is 22.6. The maximum atomic E-state index is 12.6. The van der Waals surface area contributed by atoms with Crippen LogP contribution in [0.1, 0.15) is 31.8 Å². The highest BCUT2D eigenvalue weighted by Crippen LogP contribution is 2.21. The minimum absolute atomic E-state index is 0.0661. The Balaban J connectivity index is 1.73. The van der Waals surface area contributed by atoms with Gasteiger partial charge in [0.15, 0.2) is 0 Å². The number of carbonyl (C=O) groups excluding carboxylic acids is 2. The molecule has 0 aliphatic heterocycles. The summed E-state index contributed by atoms with van der Waals surface area (Å²) in [5.74, 6) is -0.977. The fraction of sp³-hybridized carbons (Fsp3) is 0.130. The summed E-state index contributed by atoms with van der Waals surface area (Å²) < 4.78 is 32.5. The van der Waals surface area contributed by atoms with Gasteiger partial charge in [0.05, 0.1) is 17.6 Å². The Bertz CT molecular complexity index is 1240. The quantitative estimate of drug-likeness (QED) is 0.563. The summed E-state index contributed by atoms with van der Waals surface area (Å²) in [6.07, 6.45) is 0. The second-order valence-corrected chi connectivity index (χ2v) is 8.64. The van der Waals surface area contributed by atoms with Crippen LogP contribution in [0.2, 0.25) is 0 Å². The van der Waals surface area contributed by atoms with Crippen LogP contribution in [-0.4, -0.2) is 27.4 Å². The molecule has 0 spiro atoms. The molecule has 0 saturated carbocycles. The van der Waals surface area contributed by atoms with Crippen LogP contribution in [0.5, 0.6) is 0 Å². The number of anilines is 2. The van der Waals surface area contributed by atoms with Gasteiger partial charge in [-0.2, -0.15) is 0 Å². The number of rotatable bonds is 6. The summed E-state index contributed by atoms with van der Waals surface area (Å²) in [7, 11) is -2.51. The molecule has 0 unspecified atom stereocenters. The van der Waals surface area contributed by atoms with Crippen molar-refractivity contribution < 1.29 is 22.7 Å². The topological polar surface area (TPSA) is 102 Å². The highest BCUT2D eigenvalue weighted by atomic mass is 32.2. The lowest BCUT2D eigenvalue weighted by Crippen LogP contribution is -2.15. The van der Waals surface area contributed by atoms with E-state index in [1.54, 1.807) is 30.3 Å². The van der Waals surface area contributed by atoms with Crippen LogP contribution < -0.4 is 10.0 Å². The second kappa shape index (κ2) is 9.01. The van der Waals surface area contributed by atoms with E-state index in [2.05, 4.69) is 14.8 Å². The van der Waals surface area contributed by atoms with Gasteiger partial charge in [-0.15, -0.1) is 0 Å². The summed E-state index contributed by atoms with van der Waals surface area (Å²) in [5, 5.41) is 2.68. The molecule has 8 heteroatoms. The van der Waals surface area contributed by atoms with Gasteiger partial charge in [-0.25, -0.2) is 13.2 Å². The van der Waals surface area contributed by atoms with Crippen LogP contribution in [0.15, 0.2) is 71.6 Å². The Morgan fingerprint density at radius 3 is 2.10 bits per heavy atom. The molecule has 0 aliphatic carbocycles. The molecule has 0 bridgehead atoms. The Hall–Kier alpha value is -3.65. The van der Waals surface area contributed by atoms with Crippen molar-refractivity contribution in [3.05, 3.63) is 89.0 Å². The van der Waals surface area contributed by atoms with Crippen molar-refractivity contribution in [2.45, 2.75) is 18.7 Å². The molecule has 0 aromatic heterocycles. The predicted molar refractivity (Wildman–Crippen MR) is 119 cm³/mol. The zero-order valence-corrected chi connectivity index (χ0v) is 18.1. The monoisotopic (exact) mass is 438 g/mol. The van der Waals surface area contributed by atoms with Crippen molar-refractivity contribution in [1.82, 2.24) is 0 Å². The van der Waals surface area contributed by atoms with Crippen molar-refractivity contribution in [3.63, 3.8) is 0 Å². The summed E-state index contributed by atoms with van der Waals surface area (Å²) in [5.41, 5.74) is 3.48. The van der Waals surface area contributed by atoms with E-state index in [0.29, 0.717) is 11.4 Å². The molecule has 160 valence electrons. The van der Waals surface area contributed by atoms with Gasteiger partial charge in [0.2, 0.25) is 0 Å². The van der Waals surface area contributed by atoms with Crippen molar-refractivity contribution in [1.29, 1.82) is 0 Å². The third kappa shape index (κ3) is 5.29. The summed E-state index contributed by atoms with van der Waals surface area (Å²) >= 11 is 0. The van der Waals surface area contributed by atoms with Crippen molar-refractivity contribution in [2.75, 3.05) is 17.1 Å². The molecule has 0 atom stereocenters. The lowest BCUT2D eigenvalue weighted by Gasteiger charge is -2.11. The lowest BCUT2D eigenvalue weighted by atomic mass is 10.1. The van der Waals surface area contributed by atoms with E-state index in [0.717, 1.165) is 11.1 Å². The average molecular weight is 439 g/mol. The summed E-state index contributed by atoms with van der Waals surface area (Å²) in [6, 6.07) is 17.2. The number of amides is 1. The van der Waals surface area contributed by atoms with Crippen LogP contribution in [0.4, 0.5) is 11.4 Å². The highest BCUT2D eigenvalue weighted by Gasteiger charge is 2.15. The number of hydrogen-bond donors (Lipinski definition) is 2. The van der Waals surface area contributed by atoms with Gasteiger partial charge in [0, 0.05) is 16.9 Å². The number of aryl methyl sites for hydroxylation is 2. The van der Waals surface area contributed by atoms with Gasteiger partial charge in [-0.3, -0.25) is 9.52 Å². The maximum Gasteiger partial charge on any atom is 0.337 e. The SMILES string of the molecule is COC(=O)c1cccc(C(=O)Nc2ccc(S(=O)(=O)Nc3ccc(C)c(C)c3)cc2)c1. The molecule has 0 heterocycles. The van der Waals surface area contributed by atoms with Crippen LogP contribution in [0, 0.1) is 13.8 Å². The maximum absolute atomic E-state index is 12.6. The Labute approximate surface area is 181 Å². The Kier molecular flexibility index (Phi) is 6.41. The van der Waals surface area contributed by atoms with Gasteiger partial charge in [-0.05, 0) is 79.6 Å². The normalized spacial score (nSPS) is 10.9. The number of nitrogens with one attached hydrogen (secondary N) is 2. The molecule has 7 nitrogen and oxygen atoms in total. The number of benzene rings is 3. The van der Waals surface area contributed by atoms with E-state index in [4.69, 9.17) is 0 Å². The Morgan fingerprint density at radius 2 is 1.45 bits per heavy atom. The van der Waals surface area contributed by atoms with E-state index in [-0.39, 0.29) is 16.0 Å². The molecule has 2 N–H and O–H groups in total. The van der Waals surface area contributed by atoms with Gasteiger partial charge in [0.1, 0.15) is 0 Å². The summed E-state index contributed by atoms with van der Waals surface area (Å²) in [6.45, 7) is 3.86. The Morgan fingerprint density at radius 1 is 0.806 bits per heavy atom. The first-order valence-corrected chi connectivity index (χ1v) is 10.9.